The van der Waals surface area contributed by atoms with Gasteiger partial charge < -0.3 is 4.74 Å². The first-order valence-corrected chi connectivity index (χ1v) is 6.32. The van der Waals surface area contributed by atoms with Gasteiger partial charge in [0.2, 0.25) is 0 Å². The van der Waals surface area contributed by atoms with E-state index in [1.807, 2.05) is 52.9 Å². The van der Waals surface area contributed by atoms with Crippen LogP contribution in [0.3, 0.4) is 0 Å². The van der Waals surface area contributed by atoms with E-state index in [1.165, 1.54) is 0 Å². The molecule has 0 aromatic heterocycles. The fourth-order valence-electron chi connectivity index (χ4n) is 1.20. The maximum atomic E-state index is 11.7. The third kappa shape index (κ3) is 5.12. The summed E-state index contributed by atoms with van der Waals surface area (Å²) in [6, 6.07) is 9.49. The van der Waals surface area contributed by atoms with Gasteiger partial charge in [-0.3, -0.25) is 9.59 Å². The predicted molar refractivity (Wildman–Crippen MR) is 74.7 cm³/mol. The molecule has 0 saturated heterocycles. The Balaban J connectivity index is 2.64. The van der Waals surface area contributed by atoms with Crippen molar-refractivity contribution in [3.8, 4) is 0 Å². The van der Waals surface area contributed by atoms with Crippen molar-refractivity contribution in [1.29, 1.82) is 0 Å². The van der Waals surface area contributed by atoms with E-state index in [9.17, 15) is 9.59 Å². The van der Waals surface area contributed by atoms with E-state index in [2.05, 4.69) is 0 Å². The Labute approximate surface area is 114 Å². The van der Waals surface area contributed by atoms with E-state index >= 15 is 0 Å². The molecule has 1 aromatic rings. The van der Waals surface area contributed by atoms with Gasteiger partial charge >= 0.3 is 5.97 Å². The van der Waals surface area contributed by atoms with Gasteiger partial charge in [-0.2, -0.15) is 0 Å². The lowest BCUT2D eigenvalue weighted by molar-refractivity contribution is -0.144. The van der Waals surface area contributed by atoms with E-state index in [0.717, 1.165) is 5.56 Å². The lowest BCUT2D eigenvalue weighted by Gasteiger charge is -2.01. The SMILES string of the molecule is CCOC(=O)CC(=O)C(I)=Cc1ccccc1. The molecule has 3 nitrogen and oxygen atoms in total. The number of rotatable bonds is 5. The van der Waals surface area contributed by atoms with Crippen LogP contribution in [0.1, 0.15) is 18.9 Å². The molecule has 0 saturated carbocycles. The Hall–Kier alpha value is -1.17. The Kier molecular flexibility index (Phi) is 5.90. The summed E-state index contributed by atoms with van der Waals surface area (Å²) in [7, 11) is 0. The van der Waals surface area contributed by atoms with E-state index in [-0.39, 0.29) is 12.2 Å². The van der Waals surface area contributed by atoms with Gasteiger partial charge in [0.25, 0.3) is 0 Å². The highest BCUT2D eigenvalue weighted by Crippen LogP contribution is 2.15. The van der Waals surface area contributed by atoms with Gasteiger partial charge in [-0.25, -0.2) is 0 Å². The second-order valence-corrected chi connectivity index (χ2v) is 4.47. The highest BCUT2D eigenvalue weighted by atomic mass is 127. The van der Waals surface area contributed by atoms with Crippen molar-refractivity contribution < 1.29 is 14.3 Å². The van der Waals surface area contributed by atoms with Crippen LogP contribution in [0, 0.1) is 0 Å². The highest BCUT2D eigenvalue weighted by molar-refractivity contribution is 14.1. The van der Waals surface area contributed by atoms with Crippen molar-refractivity contribution in [2.24, 2.45) is 0 Å². The molecule has 17 heavy (non-hydrogen) atoms. The highest BCUT2D eigenvalue weighted by Gasteiger charge is 2.12. The summed E-state index contributed by atoms with van der Waals surface area (Å²) in [4.78, 5) is 22.8. The van der Waals surface area contributed by atoms with Gasteiger partial charge in [-0.15, -0.1) is 0 Å². The molecule has 0 aliphatic heterocycles. The summed E-state index contributed by atoms with van der Waals surface area (Å²) in [6.45, 7) is 2.01. The zero-order chi connectivity index (χ0) is 12.7. The number of carbonyl (C=O) groups is 2. The molecule has 0 aliphatic carbocycles. The Morgan fingerprint density at radius 1 is 1.29 bits per heavy atom. The second kappa shape index (κ2) is 7.21. The Morgan fingerprint density at radius 2 is 1.94 bits per heavy atom. The number of carbonyl (C=O) groups excluding carboxylic acids is 2. The number of allylic oxidation sites excluding steroid dienone is 1. The molecule has 0 atom stereocenters. The van der Waals surface area contributed by atoms with Crippen molar-refractivity contribution in [2.75, 3.05) is 6.61 Å². The first-order valence-electron chi connectivity index (χ1n) is 5.24. The van der Waals surface area contributed by atoms with Gasteiger partial charge in [-0.1, -0.05) is 30.3 Å². The number of hydrogen-bond donors (Lipinski definition) is 0. The minimum atomic E-state index is -0.479. The van der Waals surface area contributed by atoms with Crippen LogP contribution < -0.4 is 0 Å². The largest absolute Gasteiger partial charge is 0.466 e. The molecule has 1 aromatic carbocycles. The lowest BCUT2D eigenvalue weighted by Crippen LogP contribution is -2.10. The standard InChI is InChI=1S/C13H13IO3/c1-2-17-13(16)9-12(15)11(14)8-10-6-4-3-5-7-10/h3-8H,2,9H2,1H3. The first-order chi connectivity index (χ1) is 8.13. The van der Waals surface area contributed by atoms with Crippen molar-refractivity contribution in [1.82, 2.24) is 0 Å². The van der Waals surface area contributed by atoms with Crippen molar-refractivity contribution in [3.05, 3.63) is 39.5 Å². The number of ether oxygens (including phenoxy) is 1. The van der Waals surface area contributed by atoms with E-state index in [0.29, 0.717) is 10.2 Å². The van der Waals surface area contributed by atoms with Crippen molar-refractivity contribution in [2.45, 2.75) is 13.3 Å². The van der Waals surface area contributed by atoms with Crippen LogP contribution in [0.2, 0.25) is 0 Å². The van der Waals surface area contributed by atoms with Crippen LogP contribution in [-0.4, -0.2) is 18.4 Å². The normalized spacial score (nSPS) is 11.1. The van der Waals surface area contributed by atoms with Crippen LogP contribution in [0.25, 0.3) is 6.08 Å². The van der Waals surface area contributed by atoms with E-state index < -0.39 is 5.97 Å². The van der Waals surface area contributed by atoms with Gasteiger partial charge in [-0.05, 0) is 41.2 Å². The summed E-state index contributed by atoms with van der Waals surface area (Å²) in [6.07, 6.45) is 1.55. The number of hydrogen-bond acceptors (Lipinski definition) is 3. The van der Waals surface area contributed by atoms with Crippen molar-refractivity contribution >= 4 is 40.4 Å². The predicted octanol–water partition coefficient (Wildman–Crippen LogP) is 2.98. The number of benzene rings is 1. The third-order valence-electron chi connectivity index (χ3n) is 1.97. The minimum Gasteiger partial charge on any atom is -0.466 e. The second-order valence-electron chi connectivity index (χ2n) is 3.31. The van der Waals surface area contributed by atoms with Crippen LogP contribution in [0.4, 0.5) is 0 Å². The zero-order valence-corrected chi connectivity index (χ0v) is 11.6. The number of halogens is 1. The monoisotopic (exact) mass is 344 g/mol. The van der Waals surface area contributed by atoms with Gasteiger partial charge in [0.05, 0.1) is 10.2 Å². The summed E-state index contributed by atoms with van der Waals surface area (Å²) < 4.78 is 5.25. The Morgan fingerprint density at radius 3 is 2.53 bits per heavy atom. The number of Topliss-reactive ketones (excluding diaryl/α,β-unsaturated/α-hetero) is 1. The number of ketones is 1. The zero-order valence-electron chi connectivity index (χ0n) is 9.48. The van der Waals surface area contributed by atoms with E-state index in [1.54, 1.807) is 13.0 Å². The Bertz CT molecular complexity index is 424. The fraction of sp³-hybridized carbons (Fsp3) is 0.231. The molecule has 0 heterocycles. The average molecular weight is 344 g/mol. The molecule has 90 valence electrons. The topological polar surface area (TPSA) is 43.4 Å². The molecule has 0 spiro atoms. The fourth-order valence-corrected chi connectivity index (χ4v) is 1.75. The molecule has 0 N–H and O–H groups in total. The van der Waals surface area contributed by atoms with Crippen LogP contribution in [-0.2, 0) is 14.3 Å². The molecule has 0 unspecified atom stereocenters. The third-order valence-corrected chi connectivity index (χ3v) is 2.88. The summed E-state index contributed by atoms with van der Waals surface area (Å²) in [5, 5.41) is 0. The molecule has 0 bridgehead atoms. The maximum absolute atomic E-state index is 11.7. The lowest BCUT2D eigenvalue weighted by atomic mass is 10.2. The molecule has 4 heteroatoms. The summed E-state index contributed by atoms with van der Waals surface area (Å²) in [5.41, 5.74) is 0.939. The molecular formula is C13H13IO3. The summed E-state index contributed by atoms with van der Waals surface area (Å²) >= 11 is 1.94. The smallest absolute Gasteiger partial charge is 0.313 e. The molecule has 1 rings (SSSR count). The minimum absolute atomic E-state index is 0.199. The van der Waals surface area contributed by atoms with Crippen molar-refractivity contribution in [3.63, 3.8) is 0 Å². The van der Waals surface area contributed by atoms with E-state index in [4.69, 9.17) is 4.74 Å². The first kappa shape index (κ1) is 13.9. The molecule has 0 fully saturated rings. The average Bonchev–Trinajstić information content (AvgIpc) is 2.30. The van der Waals surface area contributed by atoms with Crippen LogP contribution in [0.15, 0.2) is 33.9 Å². The maximum Gasteiger partial charge on any atom is 0.313 e. The van der Waals surface area contributed by atoms with Crippen LogP contribution >= 0.6 is 22.6 Å². The van der Waals surface area contributed by atoms with Gasteiger partial charge in [0.15, 0.2) is 5.78 Å². The quantitative estimate of drug-likeness (QED) is 0.357. The number of esters is 1. The molecule has 0 aliphatic rings. The molecular weight excluding hydrogens is 331 g/mol. The van der Waals surface area contributed by atoms with Crippen LogP contribution in [0.5, 0.6) is 0 Å². The molecule has 0 amide bonds. The van der Waals surface area contributed by atoms with Gasteiger partial charge in [0.1, 0.15) is 6.42 Å². The molecule has 0 radical (unpaired) electrons. The van der Waals surface area contributed by atoms with Gasteiger partial charge in [0, 0.05) is 0 Å². The summed E-state index contributed by atoms with van der Waals surface area (Å²) in [5.74, 6) is -0.693.